The van der Waals surface area contributed by atoms with Gasteiger partial charge in [-0.25, -0.2) is 0 Å². The summed E-state index contributed by atoms with van der Waals surface area (Å²) >= 11 is 0. The van der Waals surface area contributed by atoms with Crippen molar-refractivity contribution in [3.8, 4) is 0 Å². The van der Waals surface area contributed by atoms with Gasteiger partial charge in [0.05, 0.1) is 12.5 Å². The zero-order valence-electron chi connectivity index (χ0n) is 14.8. The molecule has 2 aromatic carbocycles. The molecule has 2 aromatic rings. The number of hydrogen-bond donors (Lipinski definition) is 5. The molecule has 0 radical (unpaired) electrons. The van der Waals surface area contributed by atoms with E-state index in [1.165, 1.54) is 0 Å². The predicted octanol–water partition coefficient (Wildman–Crippen LogP) is 1.90. The van der Waals surface area contributed by atoms with Gasteiger partial charge in [-0.05, 0) is 36.1 Å². The molecule has 0 spiro atoms. The fourth-order valence-electron chi connectivity index (χ4n) is 4.04. The van der Waals surface area contributed by atoms with Crippen LogP contribution in [-0.2, 0) is 0 Å². The maximum absolute atomic E-state index is 11.2. The van der Waals surface area contributed by atoms with Gasteiger partial charge in [0.1, 0.15) is 17.5 Å². The Labute approximate surface area is 152 Å². The van der Waals surface area contributed by atoms with Gasteiger partial charge >= 0.3 is 0 Å². The summed E-state index contributed by atoms with van der Waals surface area (Å²) in [5, 5.41) is 52.9. The first kappa shape index (κ1) is 18.6. The maximum atomic E-state index is 11.2. The molecule has 138 valence electrons. The van der Waals surface area contributed by atoms with E-state index in [9.17, 15) is 25.5 Å². The van der Waals surface area contributed by atoms with Crippen molar-refractivity contribution in [2.75, 3.05) is 6.61 Å². The van der Waals surface area contributed by atoms with Gasteiger partial charge in [0.2, 0.25) is 0 Å². The number of aliphatic hydroxyl groups excluding tert-OH is 3. The maximum Gasteiger partial charge on any atom is 0.160 e. The molecule has 0 saturated heterocycles. The predicted molar refractivity (Wildman–Crippen MR) is 98.6 cm³/mol. The molecule has 5 N–H and O–H groups in total. The van der Waals surface area contributed by atoms with Crippen LogP contribution in [0.4, 0.5) is 0 Å². The summed E-state index contributed by atoms with van der Waals surface area (Å²) in [6, 6.07) is 16.0. The minimum Gasteiger partial charge on any atom is -0.509 e. The molecule has 1 saturated carbocycles. The summed E-state index contributed by atoms with van der Waals surface area (Å²) in [5.41, 5.74) is -1.49. The molecule has 4 atom stereocenters. The van der Waals surface area contributed by atoms with Crippen molar-refractivity contribution in [2.24, 2.45) is 0 Å². The average molecular weight is 356 g/mol. The van der Waals surface area contributed by atoms with Crippen LogP contribution in [0.15, 0.2) is 60.4 Å². The number of aryl methyl sites for hydroxylation is 1. The first-order valence-electron chi connectivity index (χ1n) is 8.53. The van der Waals surface area contributed by atoms with Gasteiger partial charge in [-0.15, -0.1) is 0 Å². The largest absolute Gasteiger partial charge is 0.509 e. The highest BCUT2D eigenvalue weighted by molar-refractivity contribution is 5.70. The molecule has 0 aliphatic heterocycles. The monoisotopic (exact) mass is 356 g/mol. The quantitative estimate of drug-likeness (QED) is 0.539. The molecular weight excluding hydrogens is 332 g/mol. The molecule has 1 aliphatic carbocycles. The molecule has 0 amide bonds. The van der Waals surface area contributed by atoms with Crippen LogP contribution >= 0.6 is 0 Å². The lowest BCUT2D eigenvalue weighted by molar-refractivity contribution is -0.291. The topological polar surface area (TPSA) is 101 Å². The fraction of sp³-hybridized carbons (Fsp3) is 0.333. The van der Waals surface area contributed by atoms with E-state index in [4.69, 9.17) is 0 Å². The van der Waals surface area contributed by atoms with Crippen LogP contribution in [0.25, 0.3) is 5.57 Å². The minimum atomic E-state index is -2.11. The Morgan fingerprint density at radius 2 is 1.58 bits per heavy atom. The fourth-order valence-corrected chi connectivity index (χ4v) is 4.04. The Balaban J connectivity index is 2.15. The van der Waals surface area contributed by atoms with Crippen molar-refractivity contribution >= 4 is 5.57 Å². The van der Waals surface area contributed by atoms with Gasteiger partial charge in [0.15, 0.2) is 5.60 Å². The first-order valence-corrected chi connectivity index (χ1v) is 8.53. The summed E-state index contributed by atoms with van der Waals surface area (Å²) in [6.45, 7) is 2.79. The molecule has 5 nitrogen and oxygen atoms in total. The number of allylic oxidation sites excluding steroid dienone is 1. The van der Waals surface area contributed by atoms with E-state index in [1.54, 1.807) is 37.3 Å². The average Bonchev–Trinajstić information content (AvgIpc) is 2.67. The van der Waals surface area contributed by atoms with E-state index in [1.807, 2.05) is 31.2 Å². The highest BCUT2D eigenvalue weighted by Crippen LogP contribution is 2.57. The van der Waals surface area contributed by atoms with Crippen LogP contribution in [0.2, 0.25) is 0 Å². The van der Waals surface area contributed by atoms with Crippen LogP contribution in [0, 0.1) is 6.92 Å². The second-order valence-corrected chi connectivity index (χ2v) is 7.01. The zero-order chi connectivity index (χ0) is 19.1. The normalized spacial score (nSPS) is 31.9. The van der Waals surface area contributed by atoms with Gasteiger partial charge in [0.25, 0.3) is 0 Å². The summed E-state index contributed by atoms with van der Waals surface area (Å²) in [4.78, 5) is 0. The van der Waals surface area contributed by atoms with E-state index in [2.05, 4.69) is 0 Å². The number of rotatable bonds is 4. The molecule has 0 heterocycles. The molecule has 5 heteroatoms. The Morgan fingerprint density at radius 1 is 1.00 bits per heavy atom. The van der Waals surface area contributed by atoms with Gasteiger partial charge in [0, 0.05) is 0 Å². The van der Waals surface area contributed by atoms with Gasteiger partial charge < -0.3 is 25.5 Å². The molecular formula is C21H24O5. The standard InChI is InChI=1S/C21H24O5/c1-13-8-6-7-11-16(13)14(2)18(23)21(26)17(15-9-4-3-5-10-15)20(25,12-22)19(21)24/h3-11,17,19,22-26H,12H2,1-2H3/t17?,19-,20-,21-/m0/s1. The third-order valence-corrected chi connectivity index (χ3v) is 5.50. The third kappa shape index (κ3) is 2.47. The highest BCUT2D eigenvalue weighted by atomic mass is 16.4. The third-order valence-electron chi connectivity index (χ3n) is 5.50. The van der Waals surface area contributed by atoms with Crippen molar-refractivity contribution in [3.05, 3.63) is 77.0 Å². The second-order valence-electron chi connectivity index (χ2n) is 7.01. The van der Waals surface area contributed by atoms with Crippen LogP contribution in [-0.4, -0.2) is 49.4 Å². The zero-order valence-corrected chi connectivity index (χ0v) is 14.8. The Morgan fingerprint density at radius 3 is 2.15 bits per heavy atom. The van der Waals surface area contributed by atoms with E-state index in [0.29, 0.717) is 11.1 Å². The molecule has 1 aliphatic rings. The lowest BCUT2D eigenvalue weighted by atomic mass is 9.52. The molecule has 1 unspecified atom stereocenters. The second kappa shape index (κ2) is 6.52. The Hall–Kier alpha value is -2.18. The first-order chi connectivity index (χ1) is 12.3. The summed E-state index contributed by atoms with van der Waals surface area (Å²) < 4.78 is 0. The molecule has 26 heavy (non-hydrogen) atoms. The summed E-state index contributed by atoms with van der Waals surface area (Å²) in [6.07, 6.45) is -1.73. The van der Waals surface area contributed by atoms with Crippen molar-refractivity contribution in [1.29, 1.82) is 0 Å². The summed E-state index contributed by atoms with van der Waals surface area (Å²) in [7, 11) is 0. The Kier molecular flexibility index (Phi) is 4.67. The van der Waals surface area contributed by atoms with E-state index >= 15 is 0 Å². The van der Waals surface area contributed by atoms with Crippen LogP contribution in [0.1, 0.15) is 29.5 Å². The van der Waals surface area contributed by atoms with E-state index < -0.39 is 35.6 Å². The number of aliphatic hydroxyl groups is 5. The SMILES string of the molecule is CC(=C(O)[C@@]1(O)C(c2ccccc2)[C@@](O)(CO)[C@@H]1O)c1ccccc1C. The van der Waals surface area contributed by atoms with Crippen LogP contribution < -0.4 is 0 Å². The van der Waals surface area contributed by atoms with E-state index in [0.717, 1.165) is 11.1 Å². The van der Waals surface area contributed by atoms with Gasteiger partial charge in [-0.3, -0.25) is 0 Å². The van der Waals surface area contributed by atoms with Crippen LogP contribution in [0.3, 0.4) is 0 Å². The molecule has 0 bridgehead atoms. The van der Waals surface area contributed by atoms with Crippen molar-refractivity contribution < 1.29 is 25.5 Å². The Bertz CT molecular complexity index is 831. The minimum absolute atomic E-state index is 0.408. The molecule has 0 aromatic heterocycles. The van der Waals surface area contributed by atoms with Crippen molar-refractivity contribution in [3.63, 3.8) is 0 Å². The summed E-state index contributed by atoms with van der Waals surface area (Å²) in [5.74, 6) is -1.48. The molecule has 1 fully saturated rings. The highest BCUT2D eigenvalue weighted by Gasteiger charge is 2.72. The number of hydrogen-bond acceptors (Lipinski definition) is 5. The van der Waals surface area contributed by atoms with Gasteiger partial charge in [-0.2, -0.15) is 0 Å². The van der Waals surface area contributed by atoms with Crippen LogP contribution in [0.5, 0.6) is 0 Å². The lowest BCUT2D eigenvalue weighted by Crippen LogP contribution is -2.78. The number of benzene rings is 2. The molecule has 3 rings (SSSR count). The smallest absolute Gasteiger partial charge is 0.160 e. The van der Waals surface area contributed by atoms with Gasteiger partial charge in [-0.1, -0.05) is 54.6 Å². The van der Waals surface area contributed by atoms with Crippen molar-refractivity contribution in [1.82, 2.24) is 0 Å². The lowest BCUT2D eigenvalue weighted by Gasteiger charge is -2.60. The van der Waals surface area contributed by atoms with E-state index in [-0.39, 0.29) is 0 Å². The van der Waals surface area contributed by atoms with Crippen molar-refractivity contribution in [2.45, 2.75) is 37.1 Å².